The van der Waals surface area contributed by atoms with Crippen LogP contribution in [0.15, 0.2) is 51.4 Å². The molecule has 0 N–H and O–H groups in total. The molecular weight excluding hydrogens is 278 g/mol. The summed E-state index contributed by atoms with van der Waals surface area (Å²) in [5.74, 6) is 1.21. The zero-order chi connectivity index (χ0) is 13.1. The van der Waals surface area contributed by atoms with Crippen LogP contribution in [0.3, 0.4) is 0 Å². The van der Waals surface area contributed by atoms with E-state index < -0.39 is 0 Å². The molecule has 3 aromatic rings. The summed E-state index contributed by atoms with van der Waals surface area (Å²) in [7, 11) is 0. The van der Waals surface area contributed by atoms with Gasteiger partial charge in [0.25, 0.3) is 5.89 Å². The predicted octanol–water partition coefficient (Wildman–Crippen LogP) is 4.05. The lowest BCUT2D eigenvalue weighted by Crippen LogP contribution is -1.89. The zero-order valence-corrected chi connectivity index (χ0v) is 11.8. The van der Waals surface area contributed by atoms with E-state index in [1.807, 2.05) is 42.6 Å². The van der Waals surface area contributed by atoms with Crippen molar-refractivity contribution in [3.05, 3.63) is 47.8 Å². The van der Waals surface area contributed by atoms with Crippen molar-refractivity contribution in [1.29, 1.82) is 0 Å². The van der Waals surface area contributed by atoms with E-state index in [-0.39, 0.29) is 5.25 Å². The van der Waals surface area contributed by atoms with Crippen molar-refractivity contribution < 1.29 is 4.42 Å². The van der Waals surface area contributed by atoms with Crippen LogP contribution >= 0.6 is 23.1 Å². The SMILES string of the molecule is CC(Sc1ccccn1)c1nnc(-c2cccs2)o1. The topological polar surface area (TPSA) is 51.8 Å². The number of thioether (sulfide) groups is 1. The second kappa shape index (κ2) is 5.54. The molecule has 1 atom stereocenters. The Labute approximate surface area is 118 Å². The molecule has 0 amide bonds. The molecule has 0 spiro atoms. The van der Waals surface area contributed by atoms with Crippen molar-refractivity contribution in [2.45, 2.75) is 17.2 Å². The monoisotopic (exact) mass is 289 g/mol. The van der Waals surface area contributed by atoms with Gasteiger partial charge in [0.2, 0.25) is 5.89 Å². The summed E-state index contributed by atoms with van der Waals surface area (Å²) in [5.41, 5.74) is 0. The molecule has 3 heterocycles. The molecular formula is C13H11N3OS2. The first-order chi connectivity index (χ1) is 9.33. The Kier molecular flexibility index (Phi) is 3.61. The zero-order valence-electron chi connectivity index (χ0n) is 10.2. The fraction of sp³-hybridized carbons (Fsp3) is 0.154. The molecule has 4 nitrogen and oxygen atoms in total. The molecule has 19 heavy (non-hydrogen) atoms. The Hall–Kier alpha value is -1.66. The summed E-state index contributed by atoms with van der Waals surface area (Å²) in [4.78, 5) is 5.27. The van der Waals surface area contributed by atoms with Gasteiger partial charge in [0.15, 0.2) is 0 Å². The summed E-state index contributed by atoms with van der Waals surface area (Å²) >= 11 is 3.19. The molecule has 0 radical (unpaired) electrons. The first kappa shape index (κ1) is 12.4. The molecule has 0 aromatic carbocycles. The molecule has 96 valence electrons. The molecule has 3 aromatic heterocycles. The molecule has 0 fully saturated rings. The van der Waals surface area contributed by atoms with Crippen LogP contribution in [-0.2, 0) is 0 Å². The first-order valence-corrected chi connectivity index (χ1v) is 7.54. The summed E-state index contributed by atoms with van der Waals surface area (Å²) in [6.07, 6.45) is 1.78. The van der Waals surface area contributed by atoms with Crippen molar-refractivity contribution in [2.75, 3.05) is 0 Å². The molecule has 0 aliphatic carbocycles. The maximum atomic E-state index is 5.70. The largest absolute Gasteiger partial charge is 0.419 e. The van der Waals surface area contributed by atoms with Crippen molar-refractivity contribution in [3.8, 4) is 10.8 Å². The van der Waals surface area contributed by atoms with E-state index in [1.165, 1.54) is 0 Å². The second-order valence-corrected chi connectivity index (χ2v) is 6.16. The van der Waals surface area contributed by atoms with E-state index in [9.17, 15) is 0 Å². The van der Waals surface area contributed by atoms with Crippen LogP contribution in [0.4, 0.5) is 0 Å². The van der Waals surface area contributed by atoms with Crippen LogP contribution in [0.1, 0.15) is 18.1 Å². The molecule has 0 aliphatic rings. The van der Waals surface area contributed by atoms with Gasteiger partial charge in [-0.3, -0.25) is 0 Å². The Morgan fingerprint density at radius 1 is 1.21 bits per heavy atom. The molecule has 1 unspecified atom stereocenters. The van der Waals surface area contributed by atoms with Gasteiger partial charge in [0.1, 0.15) is 0 Å². The van der Waals surface area contributed by atoms with E-state index in [1.54, 1.807) is 29.3 Å². The predicted molar refractivity (Wildman–Crippen MR) is 76.1 cm³/mol. The third-order valence-electron chi connectivity index (χ3n) is 2.46. The van der Waals surface area contributed by atoms with Crippen molar-refractivity contribution in [2.24, 2.45) is 0 Å². The van der Waals surface area contributed by atoms with E-state index in [2.05, 4.69) is 15.2 Å². The number of thiophene rings is 1. The second-order valence-electron chi connectivity index (χ2n) is 3.85. The lowest BCUT2D eigenvalue weighted by Gasteiger charge is -2.04. The third-order valence-corrected chi connectivity index (χ3v) is 4.35. The third kappa shape index (κ3) is 2.85. The minimum atomic E-state index is 0.0797. The number of pyridine rings is 1. The molecule has 0 aliphatic heterocycles. The quantitative estimate of drug-likeness (QED) is 0.678. The van der Waals surface area contributed by atoms with Crippen LogP contribution < -0.4 is 0 Å². The molecule has 0 bridgehead atoms. The fourth-order valence-electron chi connectivity index (χ4n) is 1.55. The van der Waals surface area contributed by atoms with Gasteiger partial charge >= 0.3 is 0 Å². The van der Waals surface area contributed by atoms with Gasteiger partial charge in [0.05, 0.1) is 15.2 Å². The highest BCUT2D eigenvalue weighted by Crippen LogP contribution is 2.34. The van der Waals surface area contributed by atoms with Crippen LogP contribution in [0, 0.1) is 0 Å². The maximum Gasteiger partial charge on any atom is 0.257 e. The first-order valence-electron chi connectivity index (χ1n) is 5.78. The van der Waals surface area contributed by atoms with Gasteiger partial charge in [-0.15, -0.1) is 21.5 Å². The average molecular weight is 289 g/mol. The number of hydrogen-bond donors (Lipinski definition) is 0. The van der Waals surface area contributed by atoms with Crippen LogP contribution in [0.25, 0.3) is 10.8 Å². The highest BCUT2D eigenvalue weighted by Gasteiger charge is 2.16. The lowest BCUT2D eigenvalue weighted by atomic mass is 10.5. The van der Waals surface area contributed by atoms with Crippen molar-refractivity contribution in [1.82, 2.24) is 15.2 Å². The van der Waals surface area contributed by atoms with E-state index >= 15 is 0 Å². The Balaban J connectivity index is 1.76. The van der Waals surface area contributed by atoms with Gasteiger partial charge in [0, 0.05) is 6.20 Å². The summed E-state index contributed by atoms with van der Waals surface area (Å²) in [5, 5.41) is 11.2. The van der Waals surface area contributed by atoms with Gasteiger partial charge in [-0.25, -0.2) is 4.98 Å². The molecule has 0 saturated carbocycles. The smallest absolute Gasteiger partial charge is 0.257 e. The highest BCUT2D eigenvalue weighted by atomic mass is 32.2. The Morgan fingerprint density at radius 3 is 2.89 bits per heavy atom. The van der Waals surface area contributed by atoms with Crippen LogP contribution in [-0.4, -0.2) is 15.2 Å². The van der Waals surface area contributed by atoms with Gasteiger partial charge in [-0.1, -0.05) is 23.9 Å². The van der Waals surface area contributed by atoms with E-state index in [0.29, 0.717) is 11.8 Å². The standard InChI is InChI=1S/C13H11N3OS2/c1-9(19-11-6-2-3-7-14-11)12-15-16-13(17-12)10-5-4-8-18-10/h2-9H,1H3. The van der Waals surface area contributed by atoms with Crippen molar-refractivity contribution >= 4 is 23.1 Å². The number of aromatic nitrogens is 3. The minimum Gasteiger partial charge on any atom is -0.419 e. The molecule has 3 rings (SSSR count). The van der Waals surface area contributed by atoms with E-state index in [0.717, 1.165) is 9.90 Å². The summed E-state index contributed by atoms with van der Waals surface area (Å²) in [6, 6.07) is 9.77. The average Bonchev–Trinajstić information content (AvgIpc) is 3.11. The highest BCUT2D eigenvalue weighted by molar-refractivity contribution is 7.99. The van der Waals surface area contributed by atoms with Crippen molar-refractivity contribution in [3.63, 3.8) is 0 Å². The Bertz CT molecular complexity index is 637. The number of nitrogens with zero attached hydrogens (tertiary/aromatic N) is 3. The van der Waals surface area contributed by atoms with Gasteiger partial charge < -0.3 is 4.42 Å². The summed E-state index contributed by atoms with van der Waals surface area (Å²) < 4.78 is 5.70. The number of rotatable bonds is 4. The van der Waals surface area contributed by atoms with Crippen LogP contribution in [0.2, 0.25) is 0 Å². The van der Waals surface area contributed by atoms with Crippen LogP contribution in [0.5, 0.6) is 0 Å². The normalized spacial score (nSPS) is 12.5. The molecule has 0 saturated heterocycles. The lowest BCUT2D eigenvalue weighted by molar-refractivity contribution is 0.510. The summed E-state index contributed by atoms with van der Waals surface area (Å²) in [6.45, 7) is 2.03. The van der Waals surface area contributed by atoms with Gasteiger partial charge in [-0.05, 0) is 30.5 Å². The minimum absolute atomic E-state index is 0.0797. The molecule has 6 heteroatoms. The Morgan fingerprint density at radius 2 is 2.16 bits per heavy atom. The maximum absolute atomic E-state index is 5.70. The van der Waals surface area contributed by atoms with Gasteiger partial charge in [-0.2, -0.15) is 0 Å². The number of hydrogen-bond acceptors (Lipinski definition) is 6. The van der Waals surface area contributed by atoms with E-state index in [4.69, 9.17) is 4.42 Å². The fourth-order valence-corrected chi connectivity index (χ4v) is 3.03.